The number of aryl methyl sites for hydroxylation is 1. The lowest BCUT2D eigenvalue weighted by Gasteiger charge is -2.23. The Bertz CT molecular complexity index is 356. The minimum Gasteiger partial charge on any atom is -0.345 e. The van der Waals surface area contributed by atoms with Gasteiger partial charge in [-0.25, -0.2) is 4.98 Å². The quantitative estimate of drug-likeness (QED) is 0.665. The maximum atomic E-state index is 11.8. The summed E-state index contributed by atoms with van der Waals surface area (Å²) in [6, 6.07) is 0.199. The molecule has 1 fully saturated rings. The largest absolute Gasteiger partial charge is 0.345 e. The van der Waals surface area contributed by atoms with E-state index >= 15 is 0 Å². The number of piperidine rings is 1. The molecule has 1 atom stereocenters. The number of hydrogen-bond acceptors (Lipinski definition) is 4. The molecule has 2 rings (SSSR count). The first-order valence-corrected chi connectivity index (χ1v) is 5.72. The molecule has 6 heteroatoms. The number of carbonyl (C=O) groups excluding carboxylic acids is 1. The van der Waals surface area contributed by atoms with E-state index < -0.39 is 0 Å². The second kappa shape index (κ2) is 5.07. The molecule has 3 N–H and O–H groups in total. The minimum absolute atomic E-state index is 0.190. The number of rotatable bonds is 3. The van der Waals surface area contributed by atoms with Gasteiger partial charge in [-0.1, -0.05) is 6.92 Å². The zero-order valence-corrected chi connectivity index (χ0v) is 9.42. The predicted molar refractivity (Wildman–Crippen MR) is 59.1 cm³/mol. The number of carbonyl (C=O) groups is 1. The van der Waals surface area contributed by atoms with E-state index in [0.29, 0.717) is 0 Å². The van der Waals surface area contributed by atoms with Gasteiger partial charge in [0.05, 0.1) is 0 Å². The highest BCUT2D eigenvalue weighted by Crippen LogP contribution is 2.02. The number of amides is 1. The van der Waals surface area contributed by atoms with Crippen LogP contribution in [0.5, 0.6) is 0 Å². The van der Waals surface area contributed by atoms with Crippen molar-refractivity contribution in [2.24, 2.45) is 0 Å². The number of nitrogens with zero attached hydrogens (tertiary/aromatic N) is 2. The standard InChI is InChI=1S/C10H17N5O/c1-2-8-13-9(15-14-8)10(16)12-7-4-3-5-11-6-7/h7,11H,2-6H2,1H3,(H,12,16)(H,13,14,15)/t7-/m0/s1. The molecule has 1 aliphatic rings. The van der Waals surface area contributed by atoms with Crippen LogP contribution in [0.4, 0.5) is 0 Å². The summed E-state index contributed by atoms with van der Waals surface area (Å²) >= 11 is 0. The normalized spacial score (nSPS) is 20.7. The molecule has 0 radical (unpaired) electrons. The summed E-state index contributed by atoms with van der Waals surface area (Å²) in [5, 5.41) is 12.8. The summed E-state index contributed by atoms with van der Waals surface area (Å²) in [6.07, 6.45) is 2.87. The molecule has 1 aromatic rings. The monoisotopic (exact) mass is 223 g/mol. The third-order valence-electron chi connectivity index (χ3n) is 2.70. The molecule has 88 valence electrons. The van der Waals surface area contributed by atoms with Crippen LogP contribution in [0.3, 0.4) is 0 Å². The van der Waals surface area contributed by atoms with Crippen molar-refractivity contribution in [3.63, 3.8) is 0 Å². The first-order chi connectivity index (χ1) is 7.79. The molecule has 1 amide bonds. The molecule has 1 aliphatic heterocycles. The first-order valence-electron chi connectivity index (χ1n) is 5.72. The highest BCUT2D eigenvalue weighted by molar-refractivity contribution is 5.90. The zero-order valence-electron chi connectivity index (χ0n) is 9.42. The van der Waals surface area contributed by atoms with E-state index in [1.54, 1.807) is 0 Å². The molecule has 1 aromatic heterocycles. The minimum atomic E-state index is -0.190. The Hall–Kier alpha value is -1.43. The molecule has 0 spiro atoms. The fraction of sp³-hybridized carbons (Fsp3) is 0.700. The average Bonchev–Trinajstić information content (AvgIpc) is 2.79. The SMILES string of the molecule is CCc1nc(C(=O)N[C@H]2CCCNC2)n[nH]1. The molecular formula is C10H17N5O. The molecular weight excluding hydrogens is 206 g/mol. The maximum absolute atomic E-state index is 11.8. The summed E-state index contributed by atoms with van der Waals surface area (Å²) in [6.45, 7) is 3.83. The van der Waals surface area contributed by atoms with Gasteiger partial charge in [0, 0.05) is 19.0 Å². The van der Waals surface area contributed by atoms with Crippen LogP contribution in [0.1, 0.15) is 36.2 Å². The topological polar surface area (TPSA) is 82.7 Å². The highest BCUT2D eigenvalue weighted by atomic mass is 16.2. The van der Waals surface area contributed by atoms with Gasteiger partial charge in [-0.15, -0.1) is 5.10 Å². The summed E-state index contributed by atoms with van der Waals surface area (Å²) in [5.41, 5.74) is 0. The van der Waals surface area contributed by atoms with Gasteiger partial charge >= 0.3 is 0 Å². The lowest BCUT2D eigenvalue weighted by molar-refractivity contribution is 0.0920. The van der Waals surface area contributed by atoms with Crippen LogP contribution in [0.15, 0.2) is 0 Å². The number of hydrogen-bond donors (Lipinski definition) is 3. The van der Waals surface area contributed by atoms with Gasteiger partial charge in [0.15, 0.2) is 0 Å². The average molecular weight is 223 g/mol. The fourth-order valence-electron chi connectivity index (χ4n) is 1.78. The third-order valence-corrected chi connectivity index (χ3v) is 2.70. The summed E-state index contributed by atoms with van der Waals surface area (Å²) in [4.78, 5) is 15.9. The molecule has 0 bridgehead atoms. The molecule has 16 heavy (non-hydrogen) atoms. The Balaban J connectivity index is 1.91. The second-order valence-corrected chi connectivity index (χ2v) is 3.98. The molecule has 0 aromatic carbocycles. The van der Waals surface area contributed by atoms with Crippen molar-refractivity contribution in [1.82, 2.24) is 25.8 Å². The first kappa shape index (κ1) is 11.1. The summed E-state index contributed by atoms with van der Waals surface area (Å²) in [7, 11) is 0. The van der Waals surface area contributed by atoms with Crippen LogP contribution in [0.25, 0.3) is 0 Å². The van der Waals surface area contributed by atoms with Crippen LogP contribution >= 0.6 is 0 Å². The van der Waals surface area contributed by atoms with Crippen molar-refractivity contribution >= 4 is 5.91 Å². The Kier molecular flexibility index (Phi) is 3.51. The van der Waals surface area contributed by atoms with Crippen LogP contribution in [-0.2, 0) is 6.42 Å². The molecule has 0 aliphatic carbocycles. The Labute approximate surface area is 94.2 Å². The van der Waals surface area contributed by atoms with Gasteiger partial charge in [-0.05, 0) is 19.4 Å². The molecule has 2 heterocycles. The Morgan fingerprint density at radius 3 is 3.12 bits per heavy atom. The summed E-state index contributed by atoms with van der Waals surface area (Å²) in [5.74, 6) is 0.791. The van der Waals surface area contributed by atoms with Crippen LogP contribution < -0.4 is 10.6 Å². The second-order valence-electron chi connectivity index (χ2n) is 3.98. The fourth-order valence-corrected chi connectivity index (χ4v) is 1.78. The van der Waals surface area contributed by atoms with Gasteiger partial charge in [0.1, 0.15) is 5.82 Å². The molecule has 0 unspecified atom stereocenters. The predicted octanol–water partition coefficient (Wildman–Crippen LogP) is -0.151. The highest BCUT2D eigenvalue weighted by Gasteiger charge is 2.18. The Morgan fingerprint density at radius 1 is 1.62 bits per heavy atom. The lowest BCUT2D eigenvalue weighted by atomic mass is 10.1. The molecule has 6 nitrogen and oxygen atoms in total. The van der Waals surface area contributed by atoms with Crippen molar-refractivity contribution in [2.45, 2.75) is 32.2 Å². The molecule has 0 saturated carbocycles. The molecule has 1 saturated heterocycles. The number of nitrogens with one attached hydrogen (secondary N) is 3. The van der Waals surface area contributed by atoms with Gasteiger partial charge in [0.2, 0.25) is 5.82 Å². The van der Waals surface area contributed by atoms with Crippen molar-refractivity contribution < 1.29 is 4.79 Å². The van der Waals surface area contributed by atoms with E-state index in [2.05, 4.69) is 25.8 Å². The lowest BCUT2D eigenvalue weighted by Crippen LogP contribution is -2.45. The number of H-pyrrole nitrogens is 1. The number of aromatic amines is 1. The van der Waals surface area contributed by atoms with E-state index in [1.807, 2.05) is 6.92 Å². The Morgan fingerprint density at radius 2 is 2.50 bits per heavy atom. The smallest absolute Gasteiger partial charge is 0.291 e. The van der Waals surface area contributed by atoms with E-state index in [0.717, 1.165) is 38.2 Å². The third kappa shape index (κ3) is 2.57. The van der Waals surface area contributed by atoms with E-state index in [-0.39, 0.29) is 17.8 Å². The van der Waals surface area contributed by atoms with Gasteiger partial charge in [-0.3, -0.25) is 9.89 Å². The van der Waals surface area contributed by atoms with Crippen molar-refractivity contribution in [3.8, 4) is 0 Å². The van der Waals surface area contributed by atoms with Crippen molar-refractivity contribution in [2.75, 3.05) is 13.1 Å². The van der Waals surface area contributed by atoms with Gasteiger partial charge in [0.25, 0.3) is 5.91 Å². The van der Waals surface area contributed by atoms with Crippen molar-refractivity contribution in [1.29, 1.82) is 0 Å². The van der Waals surface area contributed by atoms with E-state index in [9.17, 15) is 4.79 Å². The summed E-state index contributed by atoms with van der Waals surface area (Å²) < 4.78 is 0. The van der Waals surface area contributed by atoms with Crippen molar-refractivity contribution in [3.05, 3.63) is 11.6 Å². The van der Waals surface area contributed by atoms with Crippen LogP contribution in [0.2, 0.25) is 0 Å². The van der Waals surface area contributed by atoms with E-state index in [1.165, 1.54) is 0 Å². The van der Waals surface area contributed by atoms with Gasteiger partial charge < -0.3 is 10.6 Å². The maximum Gasteiger partial charge on any atom is 0.291 e. The number of aromatic nitrogens is 3. The van der Waals surface area contributed by atoms with E-state index in [4.69, 9.17) is 0 Å². The van der Waals surface area contributed by atoms with Crippen LogP contribution in [-0.4, -0.2) is 40.2 Å². The zero-order chi connectivity index (χ0) is 11.4. The van der Waals surface area contributed by atoms with Crippen LogP contribution in [0, 0.1) is 0 Å². The van der Waals surface area contributed by atoms with Gasteiger partial charge in [-0.2, -0.15) is 0 Å².